The van der Waals surface area contributed by atoms with E-state index in [-0.39, 0.29) is 11.4 Å². The number of benzene rings is 1. The van der Waals surface area contributed by atoms with Gasteiger partial charge in [-0.15, -0.1) is 0 Å². The molecule has 108 valence electrons. The van der Waals surface area contributed by atoms with E-state index in [4.69, 9.17) is 0 Å². The number of pyridine rings is 1. The van der Waals surface area contributed by atoms with Crippen LogP contribution in [0.3, 0.4) is 0 Å². The summed E-state index contributed by atoms with van der Waals surface area (Å²) in [5.41, 5.74) is 0.894. The van der Waals surface area contributed by atoms with Crippen LogP contribution in [-0.4, -0.2) is 16.9 Å². The number of hydrogen-bond donors (Lipinski definition) is 2. The molecule has 2 aromatic rings. The average molecular weight is 289 g/mol. The Morgan fingerprint density at radius 2 is 2.00 bits per heavy atom. The van der Waals surface area contributed by atoms with Crippen LogP contribution in [0.4, 0.5) is 20.2 Å². The van der Waals surface area contributed by atoms with Crippen molar-refractivity contribution in [3.63, 3.8) is 0 Å². The van der Waals surface area contributed by atoms with Gasteiger partial charge in [0.2, 0.25) is 0 Å². The van der Waals surface area contributed by atoms with Gasteiger partial charge in [-0.1, -0.05) is 0 Å². The van der Waals surface area contributed by atoms with Crippen LogP contribution in [0.5, 0.6) is 0 Å². The van der Waals surface area contributed by atoms with Gasteiger partial charge in [-0.3, -0.25) is 9.78 Å². The van der Waals surface area contributed by atoms with Crippen molar-refractivity contribution in [3.8, 4) is 0 Å². The minimum Gasteiger partial charge on any atom is -0.382 e. The largest absolute Gasteiger partial charge is 0.382 e. The minimum atomic E-state index is -0.824. The summed E-state index contributed by atoms with van der Waals surface area (Å²) in [6.07, 6.45) is 3.75. The fourth-order valence-electron chi connectivity index (χ4n) is 1.89. The van der Waals surface area contributed by atoms with E-state index in [1.807, 2.05) is 0 Å². The molecule has 0 unspecified atom stereocenters. The first-order valence-electron chi connectivity index (χ1n) is 6.61. The van der Waals surface area contributed by atoms with Crippen LogP contribution in [0.1, 0.15) is 23.3 Å². The number of nitrogens with one attached hydrogen (secondary N) is 2. The summed E-state index contributed by atoms with van der Waals surface area (Å²) >= 11 is 0. The molecule has 21 heavy (non-hydrogen) atoms. The van der Waals surface area contributed by atoms with E-state index >= 15 is 0 Å². The number of aromatic nitrogens is 1. The van der Waals surface area contributed by atoms with Gasteiger partial charge in [0.15, 0.2) is 0 Å². The van der Waals surface area contributed by atoms with Gasteiger partial charge in [-0.05, 0) is 37.1 Å². The SMILES string of the molecule is O=C(Nc1ccc(F)cc1F)c1cc(NC2CC2)ccn1. The van der Waals surface area contributed by atoms with Crippen LogP contribution in [-0.2, 0) is 0 Å². The van der Waals surface area contributed by atoms with Crippen LogP contribution in [0.2, 0.25) is 0 Å². The zero-order valence-electron chi connectivity index (χ0n) is 11.1. The molecule has 0 spiro atoms. The van der Waals surface area contributed by atoms with Crippen molar-refractivity contribution in [2.75, 3.05) is 10.6 Å². The predicted molar refractivity (Wildman–Crippen MR) is 75.2 cm³/mol. The van der Waals surface area contributed by atoms with E-state index in [1.54, 1.807) is 12.1 Å². The molecule has 3 rings (SSSR count). The molecule has 1 aliphatic carbocycles. The van der Waals surface area contributed by atoms with E-state index in [0.717, 1.165) is 24.6 Å². The number of carbonyl (C=O) groups is 1. The number of halogens is 2. The maximum absolute atomic E-state index is 13.5. The zero-order valence-corrected chi connectivity index (χ0v) is 11.1. The fraction of sp³-hybridized carbons (Fsp3) is 0.200. The first-order chi connectivity index (χ1) is 10.1. The van der Waals surface area contributed by atoms with E-state index in [9.17, 15) is 13.6 Å². The Hall–Kier alpha value is -2.50. The van der Waals surface area contributed by atoms with E-state index in [0.29, 0.717) is 12.1 Å². The van der Waals surface area contributed by atoms with Crippen molar-refractivity contribution in [2.24, 2.45) is 0 Å². The number of rotatable bonds is 4. The van der Waals surface area contributed by atoms with Gasteiger partial charge in [0, 0.05) is 24.0 Å². The Kier molecular flexibility index (Phi) is 3.51. The molecule has 1 saturated carbocycles. The van der Waals surface area contributed by atoms with Gasteiger partial charge in [0.1, 0.15) is 17.3 Å². The Morgan fingerprint density at radius 3 is 2.71 bits per heavy atom. The van der Waals surface area contributed by atoms with Gasteiger partial charge in [-0.25, -0.2) is 8.78 Å². The van der Waals surface area contributed by atoms with Crippen LogP contribution < -0.4 is 10.6 Å². The van der Waals surface area contributed by atoms with Gasteiger partial charge >= 0.3 is 0 Å². The lowest BCUT2D eigenvalue weighted by Gasteiger charge is -2.08. The molecule has 6 heteroatoms. The molecule has 4 nitrogen and oxygen atoms in total. The summed E-state index contributed by atoms with van der Waals surface area (Å²) in [5.74, 6) is -2.06. The fourth-order valence-corrected chi connectivity index (χ4v) is 1.89. The van der Waals surface area contributed by atoms with Gasteiger partial charge in [0.25, 0.3) is 5.91 Å². The molecule has 1 aromatic heterocycles. The van der Waals surface area contributed by atoms with Crippen LogP contribution in [0, 0.1) is 11.6 Å². The Balaban J connectivity index is 1.75. The lowest BCUT2D eigenvalue weighted by Crippen LogP contribution is -2.15. The maximum atomic E-state index is 13.5. The number of hydrogen-bond acceptors (Lipinski definition) is 3. The summed E-state index contributed by atoms with van der Waals surface area (Å²) in [6.45, 7) is 0. The van der Waals surface area contributed by atoms with Crippen LogP contribution >= 0.6 is 0 Å². The molecular weight excluding hydrogens is 276 g/mol. The van der Waals surface area contributed by atoms with Crippen molar-refractivity contribution in [1.29, 1.82) is 0 Å². The average Bonchev–Trinajstić information content (AvgIpc) is 3.26. The molecule has 0 aliphatic heterocycles. The summed E-state index contributed by atoms with van der Waals surface area (Å²) in [7, 11) is 0. The third-order valence-electron chi connectivity index (χ3n) is 3.12. The van der Waals surface area contributed by atoms with Gasteiger partial charge in [-0.2, -0.15) is 0 Å². The summed E-state index contributed by atoms with van der Waals surface area (Å²) in [5, 5.41) is 5.63. The highest BCUT2D eigenvalue weighted by Crippen LogP contribution is 2.24. The van der Waals surface area contributed by atoms with E-state index in [2.05, 4.69) is 15.6 Å². The second kappa shape index (κ2) is 5.47. The molecule has 0 atom stereocenters. The van der Waals surface area contributed by atoms with Crippen molar-refractivity contribution >= 4 is 17.3 Å². The van der Waals surface area contributed by atoms with Crippen LogP contribution in [0.15, 0.2) is 36.5 Å². The highest BCUT2D eigenvalue weighted by atomic mass is 19.1. The maximum Gasteiger partial charge on any atom is 0.274 e. The lowest BCUT2D eigenvalue weighted by molar-refractivity contribution is 0.102. The number of carbonyl (C=O) groups excluding carboxylic acids is 1. The highest BCUT2D eigenvalue weighted by Gasteiger charge is 2.21. The summed E-state index contributed by atoms with van der Waals surface area (Å²) < 4.78 is 26.3. The zero-order chi connectivity index (χ0) is 14.8. The van der Waals surface area contributed by atoms with Crippen molar-refractivity contribution in [2.45, 2.75) is 18.9 Å². The normalized spacial score (nSPS) is 13.8. The first-order valence-corrected chi connectivity index (χ1v) is 6.61. The van der Waals surface area contributed by atoms with Crippen molar-refractivity contribution in [1.82, 2.24) is 4.98 Å². The molecule has 0 saturated heterocycles. The quantitative estimate of drug-likeness (QED) is 0.909. The molecule has 1 fully saturated rings. The molecule has 1 heterocycles. The standard InChI is InChI=1S/C15H13F2N3O/c16-9-1-4-13(12(17)7-9)20-15(21)14-8-11(5-6-18-14)19-10-2-3-10/h1,4-8,10H,2-3H2,(H,18,19)(H,20,21). The minimum absolute atomic E-state index is 0.0799. The number of anilines is 2. The predicted octanol–water partition coefficient (Wildman–Crippen LogP) is 3.19. The highest BCUT2D eigenvalue weighted by molar-refractivity contribution is 6.03. The van der Waals surface area contributed by atoms with Gasteiger partial charge < -0.3 is 10.6 Å². The molecule has 1 amide bonds. The smallest absolute Gasteiger partial charge is 0.274 e. The third kappa shape index (κ3) is 3.34. The molecule has 0 bridgehead atoms. The van der Waals surface area contributed by atoms with Gasteiger partial charge in [0.05, 0.1) is 5.69 Å². The van der Waals surface area contributed by atoms with Crippen LogP contribution in [0.25, 0.3) is 0 Å². The first kappa shape index (κ1) is 13.5. The lowest BCUT2D eigenvalue weighted by atomic mass is 10.2. The number of nitrogens with zero attached hydrogens (tertiary/aromatic N) is 1. The van der Waals surface area contributed by atoms with E-state index < -0.39 is 17.5 Å². The number of amides is 1. The Labute approximate surface area is 120 Å². The molecular formula is C15H13F2N3O. The second-order valence-electron chi connectivity index (χ2n) is 4.93. The molecule has 1 aromatic carbocycles. The molecule has 2 N–H and O–H groups in total. The van der Waals surface area contributed by atoms with Crippen molar-refractivity contribution in [3.05, 3.63) is 53.9 Å². The second-order valence-corrected chi connectivity index (χ2v) is 4.93. The Bertz CT molecular complexity index is 686. The molecule has 1 aliphatic rings. The topological polar surface area (TPSA) is 54.0 Å². The Morgan fingerprint density at radius 1 is 1.19 bits per heavy atom. The van der Waals surface area contributed by atoms with E-state index in [1.165, 1.54) is 12.3 Å². The summed E-state index contributed by atoms with van der Waals surface area (Å²) in [4.78, 5) is 16.0. The monoisotopic (exact) mass is 289 g/mol. The summed E-state index contributed by atoms with van der Waals surface area (Å²) in [6, 6.07) is 6.81. The third-order valence-corrected chi connectivity index (χ3v) is 3.12. The van der Waals surface area contributed by atoms with Crippen molar-refractivity contribution < 1.29 is 13.6 Å². The molecule has 0 radical (unpaired) electrons.